The Balaban J connectivity index is 2.51. The molecule has 0 saturated carbocycles. The maximum Gasteiger partial charge on any atom is 0.418 e. The first-order chi connectivity index (χ1) is 9.45. The fourth-order valence-corrected chi connectivity index (χ4v) is 1.93. The van der Waals surface area contributed by atoms with E-state index in [4.69, 9.17) is 0 Å². The van der Waals surface area contributed by atoms with Crippen LogP contribution >= 0.6 is 0 Å². The molecule has 2 rings (SSSR count). The number of rotatable bonds is 4. The molecule has 1 aromatic carbocycles. The van der Waals surface area contributed by atoms with Crippen LogP contribution in [0.1, 0.15) is 31.3 Å². The topological polar surface area (TPSA) is 55.6 Å². The van der Waals surface area contributed by atoms with E-state index in [9.17, 15) is 13.2 Å². The van der Waals surface area contributed by atoms with E-state index in [1.165, 1.54) is 18.2 Å². The predicted molar refractivity (Wildman–Crippen MR) is 66.2 cm³/mol. The summed E-state index contributed by atoms with van der Waals surface area (Å²) in [6.45, 7) is 4.35. The Hall–Kier alpha value is -1.96. The lowest BCUT2D eigenvalue weighted by molar-refractivity contribution is -0.137. The zero-order valence-electron chi connectivity index (χ0n) is 11.0. The maximum atomic E-state index is 13.0. The lowest BCUT2D eigenvalue weighted by atomic mass is 10.1. The van der Waals surface area contributed by atoms with E-state index in [0.717, 1.165) is 10.7 Å². The number of halogens is 3. The molecule has 20 heavy (non-hydrogen) atoms. The van der Waals surface area contributed by atoms with Gasteiger partial charge < -0.3 is 5.32 Å². The number of hydrogen-bond acceptors (Lipinski definition) is 4. The fraction of sp³-hybridized carbons (Fsp3) is 0.417. The van der Waals surface area contributed by atoms with Gasteiger partial charge in [-0.2, -0.15) is 17.9 Å². The molecule has 5 nitrogen and oxygen atoms in total. The summed E-state index contributed by atoms with van der Waals surface area (Å²) in [5, 5.41) is 14.0. The van der Waals surface area contributed by atoms with Crippen molar-refractivity contribution in [3.63, 3.8) is 0 Å². The molecule has 8 heteroatoms. The van der Waals surface area contributed by atoms with Gasteiger partial charge in [0.25, 0.3) is 0 Å². The number of nitrogens with one attached hydrogen (secondary N) is 1. The first-order valence-corrected chi connectivity index (χ1v) is 6.13. The van der Waals surface area contributed by atoms with Crippen LogP contribution in [0.25, 0.3) is 5.69 Å². The van der Waals surface area contributed by atoms with Gasteiger partial charge in [-0.25, -0.2) is 0 Å². The highest BCUT2D eigenvalue weighted by Gasteiger charge is 2.34. The molecular weight excluding hydrogens is 271 g/mol. The van der Waals surface area contributed by atoms with Crippen molar-refractivity contribution in [2.24, 2.45) is 0 Å². The van der Waals surface area contributed by atoms with Crippen LogP contribution in [-0.4, -0.2) is 26.8 Å². The van der Waals surface area contributed by atoms with E-state index < -0.39 is 11.7 Å². The third kappa shape index (κ3) is 2.79. The minimum Gasteiger partial charge on any atom is -0.308 e. The van der Waals surface area contributed by atoms with Gasteiger partial charge in [-0.05, 0) is 36.0 Å². The Bertz CT molecular complexity index is 578. The fourth-order valence-electron chi connectivity index (χ4n) is 1.93. The summed E-state index contributed by atoms with van der Waals surface area (Å²) >= 11 is 0. The molecular formula is C12H14F3N5. The van der Waals surface area contributed by atoms with Crippen LogP contribution < -0.4 is 5.32 Å². The van der Waals surface area contributed by atoms with Crippen LogP contribution in [0.2, 0.25) is 0 Å². The number of para-hydroxylation sites is 1. The van der Waals surface area contributed by atoms with Gasteiger partial charge in [-0.15, -0.1) is 5.10 Å². The highest BCUT2D eigenvalue weighted by Crippen LogP contribution is 2.33. The second-order valence-electron chi connectivity index (χ2n) is 4.24. The van der Waals surface area contributed by atoms with Gasteiger partial charge in [0, 0.05) is 0 Å². The minimum atomic E-state index is -4.46. The molecule has 1 atom stereocenters. The van der Waals surface area contributed by atoms with Gasteiger partial charge >= 0.3 is 6.18 Å². The van der Waals surface area contributed by atoms with E-state index in [0.29, 0.717) is 12.4 Å². The van der Waals surface area contributed by atoms with Gasteiger partial charge in [0.15, 0.2) is 5.82 Å². The van der Waals surface area contributed by atoms with Crippen LogP contribution in [0.5, 0.6) is 0 Å². The molecule has 0 saturated heterocycles. The van der Waals surface area contributed by atoms with E-state index in [-0.39, 0.29) is 11.7 Å². The Kier molecular flexibility index (Phi) is 4.03. The molecule has 0 spiro atoms. The summed E-state index contributed by atoms with van der Waals surface area (Å²) in [5.74, 6) is 0.337. The molecule has 2 aromatic rings. The lowest BCUT2D eigenvalue weighted by Crippen LogP contribution is -2.22. The normalized spacial score (nSPS) is 13.4. The summed E-state index contributed by atoms with van der Waals surface area (Å²) in [5.41, 5.74) is -0.845. The van der Waals surface area contributed by atoms with Crippen molar-refractivity contribution >= 4 is 0 Å². The monoisotopic (exact) mass is 285 g/mol. The Morgan fingerprint density at radius 2 is 2.00 bits per heavy atom. The first kappa shape index (κ1) is 14.4. The number of alkyl halides is 3. The van der Waals surface area contributed by atoms with E-state index in [1.54, 1.807) is 6.92 Å². The van der Waals surface area contributed by atoms with E-state index >= 15 is 0 Å². The van der Waals surface area contributed by atoms with Crippen LogP contribution in [0.4, 0.5) is 13.2 Å². The van der Waals surface area contributed by atoms with Gasteiger partial charge in [0.1, 0.15) is 0 Å². The first-order valence-electron chi connectivity index (χ1n) is 6.13. The molecule has 1 unspecified atom stereocenters. The Morgan fingerprint density at radius 3 is 2.65 bits per heavy atom. The zero-order chi connectivity index (χ0) is 14.8. The van der Waals surface area contributed by atoms with Crippen molar-refractivity contribution in [2.45, 2.75) is 26.1 Å². The average molecular weight is 285 g/mol. The summed E-state index contributed by atoms with van der Waals surface area (Å²) in [4.78, 5) is 0. The van der Waals surface area contributed by atoms with Gasteiger partial charge in [-0.1, -0.05) is 19.1 Å². The summed E-state index contributed by atoms with van der Waals surface area (Å²) in [6, 6.07) is 4.97. The van der Waals surface area contributed by atoms with Gasteiger partial charge in [0.2, 0.25) is 0 Å². The van der Waals surface area contributed by atoms with Gasteiger partial charge in [-0.3, -0.25) is 0 Å². The molecule has 1 aromatic heterocycles. The summed E-state index contributed by atoms with van der Waals surface area (Å²) in [6.07, 6.45) is -4.46. The molecule has 0 aliphatic heterocycles. The van der Waals surface area contributed by atoms with Crippen molar-refractivity contribution in [1.29, 1.82) is 0 Å². The number of tetrazole rings is 1. The minimum absolute atomic E-state index is 0.0789. The Morgan fingerprint density at radius 1 is 1.30 bits per heavy atom. The quantitative estimate of drug-likeness (QED) is 0.937. The highest BCUT2D eigenvalue weighted by atomic mass is 19.4. The smallest absolute Gasteiger partial charge is 0.308 e. The molecule has 0 aliphatic rings. The third-order valence-corrected chi connectivity index (χ3v) is 2.83. The zero-order valence-corrected chi connectivity index (χ0v) is 11.0. The second kappa shape index (κ2) is 5.58. The van der Waals surface area contributed by atoms with Crippen molar-refractivity contribution < 1.29 is 13.2 Å². The molecule has 0 bridgehead atoms. The van der Waals surface area contributed by atoms with E-state index in [2.05, 4.69) is 20.8 Å². The van der Waals surface area contributed by atoms with Crippen molar-refractivity contribution in [1.82, 2.24) is 25.5 Å². The molecule has 108 valence electrons. The Labute approximate surface area is 113 Å². The molecule has 1 heterocycles. The number of aromatic nitrogens is 4. The van der Waals surface area contributed by atoms with Gasteiger partial charge in [0.05, 0.1) is 17.3 Å². The maximum absolute atomic E-state index is 13.0. The number of benzene rings is 1. The van der Waals surface area contributed by atoms with E-state index in [1.807, 2.05) is 6.92 Å². The standard InChI is InChI=1S/C12H14F3N5/c1-3-16-8(2)11-17-18-19-20(11)10-7-5-4-6-9(10)12(13,14)15/h4-8,16H,3H2,1-2H3. The van der Waals surface area contributed by atoms with Crippen LogP contribution in [0.3, 0.4) is 0 Å². The van der Waals surface area contributed by atoms with Crippen molar-refractivity contribution in [3.05, 3.63) is 35.7 Å². The molecule has 0 fully saturated rings. The summed E-state index contributed by atoms with van der Waals surface area (Å²) < 4.78 is 40.2. The largest absolute Gasteiger partial charge is 0.418 e. The highest BCUT2D eigenvalue weighted by molar-refractivity contribution is 5.42. The third-order valence-electron chi connectivity index (χ3n) is 2.83. The summed E-state index contributed by atoms with van der Waals surface area (Å²) in [7, 11) is 0. The average Bonchev–Trinajstić information content (AvgIpc) is 2.87. The van der Waals surface area contributed by atoms with Crippen LogP contribution in [-0.2, 0) is 6.18 Å². The molecule has 1 N–H and O–H groups in total. The van der Waals surface area contributed by atoms with Crippen molar-refractivity contribution in [2.75, 3.05) is 6.54 Å². The second-order valence-corrected chi connectivity index (χ2v) is 4.24. The number of hydrogen-bond donors (Lipinski definition) is 1. The molecule has 0 amide bonds. The molecule has 0 radical (unpaired) electrons. The number of nitrogens with zero attached hydrogens (tertiary/aromatic N) is 4. The predicted octanol–water partition coefficient (Wildman–Crippen LogP) is 2.35. The van der Waals surface area contributed by atoms with Crippen LogP contribution in [0.15, 0.2) is 24.3 Å². The SMILES string of the molecule is CCNC(C)c1nnnn1-c1ccccc1C(F)(F)F. The van der Waals surface area contributed by atoms with Crippen LogP contribution in [0, 0.1) is 0 Å². The van der Waals surface area contributed by atoms with Crippen molar-refractivity contribution in [3.8, 4) is 5.69 Å². The lowest BCUT2D eigenvalue weighted by Gasteiger charge is -2.15. The molecule has 0 aliphatic carbocycles.